The lowest BCUT2D eigenvalue weighted by Crippen LogP contribution is -1.88. The van der Waals surface area contributed by atoms with Crippen LogP contribution in [-0.2, 0) is 0 Å². The zero-order valence-corrected chi connectivity index (χ0v) is 10.3. The largest absolute Gasteiger partial charge is 0.494 e. The summed E-state index contributed by atoms with van der Waals surface area (Å²) in [7, 11) is 1.42. The minimum atomic E-state index is -0.538. The molecule has 0 aliphatic heterocycles. The number of rotatable bonds is 3. The van der Waals surface area contributed by atoms with Gasteiger partial charge in [-0.1, -0.05) is 0 Å². The minimum Gasteiger partial charge on any atom is -0.494 e. The van der Waals surface area contributed by atoms with Gasteiger partial charge >= 0.3 is 0 Å². The van der Waals surface area contributed by atoms with Gasteiger partial charge in [-0.3, -0.25) is 0 Å². The summed E-state index contributed by atoms with van der Waals surface area (Å²) in [6, 6.07) is 4.58. The Morgan fingerprint density at radius 1 is 1.47 bits per heavy atom. The van der Waals surface area contributed by atoms with Gasteiger partial charge in [0.2, 0.25) is 0 Å². The molecule has 0 saturated carbocycles. The standard InChI is InChI=1S/C12H12FNO2S/c1-7(15)11-6-14-12(17-11)8-3-4-9(13)10(5-8)16-2/h3-7,15H,1-2H3. The number of benzene rings is 1. The van der Waals surface area contributed by atoms with Crippen LogP contribution in [0, 0.1) is 5.82 Å². The lowest BCUT2D eigenvalue weighted by Gasteiger charge is -2.03. The van der Waals surface area contributed by atoms with Crippen LogP contribution in [0.2, 0.25) is 0 Å². The van der Waals surface area contributed by atoms with Crippen LogP contribution < -0.4 is 4.74 Å². The fourth-order valence-electron chi connectivity index (χ4n) is 1.41. The number of halogens is 1. The number of aliphatic hydroxyl groups is 1. The summed E-state index contributed by atoms with van der Waals surface area (Å²) in [4.78, 5) is 4.97. The molecule has 0 bridgehead atoms. The fraction of sp³-hybridized carbons (Fsp3) is 0.250. The molecule has 2 rings (SSSR count). The number of methoxy groups -OCH3 is 1. The monoisotopic (exact) mass is 253 g/mol. The Morgan fingerprint density at radius 2 is 2.24 bits per heavy atom. The quantitative estimate of drug-likeness (QED) is 0.914. The molecule has 1 heterocycles. The Labute approximate surface area is 103 Å². The van der Waals surface area contributed by atoms with Crippen molar-refractivity contribution in [3.05, 3.63) is 35.1 Å². The second-order valence-electron chi connectivity index (χ2n) is 3.59. The van der Waals surface area contributed by atoms with Crippen molar-refractivity contribution in [2.45, 2.75) is 13.0 Å². The zero-order valence-electron chi connectivity index (χ0n) is 9.48. The molecule has 1 atom stereocenters. The fourth-order valence-corrected chi connectivity index (χ4v) is 2.26. The molecule has 0 aliphatic rings. The number of aliphatic hydroxyl groups excluding tert-OH is 1. The maximum atomic E-state index is 13.2. The predicted molar refractivity (Wildman–Crippen MR) is 64.7 cm³/mol. The minimum absolute atomic E-state index is 0.191. The molecule has 5 heteroatoms. The Kier molecular flexibility index (Phi) is 3.40. The highest BCUT2D eigenvalue weighted by molar-refractivity contribution is 7.15. The molecule has 1 unspecified atom stereocenters. The van der Waals surface area contributed by atoms with E-state index in [9.17, 15) is 9.50 Å². The maximum Gasteiger partial charge on any atom is 0.165 e. The highest BCUT2D eigenvalue weighted by Gasteiger charge is 2.10. The highest BCUT2D eigenvalue weighted by Crippen LogP contribution is 2.31. The van der Waals surface area contributed by atoms with E-state index in [4.69, 9.17) is 4.74 Å². The first-order valence-corrected chi connectivity index (χ1v) is 5.91. The number of aromatic nitrogens is 1. The van der Waals surface area contributed by atoms with Gasteiger partial charge in [-0.2, -0.15) is 0 Å². The molecule has 0 saturated heterocycles. The van der Waals surface area contributed by atoms with E-state index < -0.39 is 11.9 Å². The molecule has 0 radical (unpaired) electrons. The molecule has 1 aromatic carbocycles. The van der Waals surface area contributed by atoms with Gasteiger partial charge in [-0.25, -0.2) is 9.37 Å². The molecule has 0 aliphatic carbocycles. The summed E-state index contributed by atoms with van der Waals surface area (Å²) in [5.41, 5.74) is 0.778. The second kappa shape index (κ2) is 4.81. The van der Waals surface area contributed by atoms with Gasteiger partial charge in [0.25, 0.3) is 0 Å². The highest BCUT2D eigenvalue weighted by atomic mass is 32.1. The molecule has 0 amide bonds. The van der Waals surface area contributed by atoms with E-state index in [0.717, 1.165) is 15.4 Å². The van der Waals surface area contributed by atoms with Crippen LogP contribution in [0.3, 0.4) is 0 Å². The van der Waals surface area contributed by atoms with Crippen molar-refractivity contribution in [2.24, 2.45) is 0 Å². The van der Waals surface area contributed by atoms with E-state index in [0.29, 0.717) is 0 Å². The summed E-state index contributed by atoms with van der Waals surface area (Å²) in [6.45, 7) is 1.68. The summed E-state index contributed by atoms with van der Waals surface area (Å²) in [5.74, 6) is -0.208. The van der Waals surface area contributed by atoms with Crippen molar-refractivity contribution in [3.8, 4) is 16.3 Å². The van der Waals surface area contributed by atoms with E-state index >= 15 is 0 Å². The van der Waals surface area contributed by atoms with Crippen LogP contribution >= 0.6 is 11.3 Å². The predicted octanol–water partition coefficient (Wildman–Crippen LogP) is 3.01. The smallest absolute Gasteiger partial charge is 0.165 e. The van der Waals surface area contributed by atoms with Crippen molar-refractivity contribution >= 4 is 11.3 Å². The second-order valence-corrected chi connectivity index (χ2v) is 4.66. The average Bonchev–Trinajstić information content (AvgIpc) is 2.79. The molecular formula is C12H12FNO2S. The summed E-state index contributed by atoms with van der Waals surface area (Å²) in [5, 5.41) is 10.1. The molecule has 1 N–H and O–H groups in total. The molecule has 0 spiro atoms. The molecular weight excluding hydrogens is 241 g/mol. The van der Waals surface area contributed by atoms with Crippen molar-refractivity contribution in [1.29, 1.82) is 0 Å². The Morgan fingerprint density at radius 3 is 2.82 bits per heavy atom. The Balaban J connectivity index is 2.38. The normalized spacial score (nSPS) is 12.5. The lowest BCUT2D eigenvalue weighted by molar-refractivity contribution is 0.203. The van der Waals surface area contributed by atoms with Crippen LogP contribution in [0.15, 0.2) is 24.4 Å². The van der Waals surface area contributed by atoms with Crippen molar-refractivity contribution in [2.75, 3.05) is 7.11 Å². The van der Waals surface area contributed by atoms with Crippen LogP contribution in [0.1, 0.15) is 17.9 Å². The Bertz CT molecular complexity index is 525. The van der Waals surface area contributed by atoms with Crippen molar-refractivity contribution < 1.29 is 14.2 Å². The first-order valence-electron chi connectivity index (χ1n) is 5.09. The van der Waals surface area contributed by atoms with Gasteiger partial charge < -0.3 is 9.84 Å². The van der Waals surface area contributed by atoms with E-state index in [1.54, 1.807) is 25.3 Å². The average molecular weight is 253 g/mol. The molecule has 90 valence electrons. The summed E-state index contributed by atoms with van der Waals surface area (Å²) >= 11 is 1.38. The van der Waals surface area contributed by atoms with Crippen molar-refractivity contribution in [3.63, 3.8) is 0 Å². The lowest BCUT2D eigenvalue weighted by atomic mass is 10.2. The SMILES string of the molecule is COc1cc(-c2ncc(C(C)O)s2)ccc1F. The summed E-state index contributed by atoms with van der Waals surface area (Å²) < 4.78 is 18.2. The zero-order chi connectivity index (χ0) is 12.4. The van der Waals surface area contributed by atoms with E-state index in [2.05, 4.69) is 4.98 Å². The van der Waals surface area contributed by atoms with Crippen LogP contribution in [0.5, 0.6) is 5.75 Å². The number of hydrogen-bond donors (Lipinski definition) is 1. The van der Waals surface area contributed by atoms with Gasteiger partial charge in [0, 0.05) is 11.8 Å². The van der Waals surface area contributed by atoms with Crippen LogP contribution in [0.25, 0.3) is 10.6 Å². The molecule has 2 aromatic rings. The number of thiazole rings is 1. The number of hydrogen-bond acceptors (Lipinski definition) is 4. The van der Waals surface area contributed by atoms with E-state index in [1.807, 2.05) is 0 Å². The third kappa shape index (κ3) is 2.45. The first-order chi connectivity index (χ1) is 8.11. The Hall–Kier alpha value is -1.46. The molecule has 17 heavy (non-hydrogen) atoms. The maximum absolute atomic E-state index is 13.2. The molecule has 0 fully saturated rings. The third-order valence-corrected chi connectivity index (χ3v) is 3.55. The number of nitrogens with zero attached hydrogens (tertiary/aromatic N) is 1. The van der Waals surface area contributed by atoms with E-state index in [1.165, 1.54) is 24.5 Å². The topological polar surface area (TPSA) is 42.4 Å². The van der Waals surface area contributed by atoms with E-state index in [-0.39, 0.29) is 5.75 Å². The first kappa shape index (κ1) is 12.0. The third-order valence-electron chi connectivity index (χ3n) is 2.33. The van der Waals surface area contributed by atoms with Gasteiger partial charge in [0.15, 0.2) is 11.6 Å². The van der Waals surface area contributed by atoms with Gasteiger partial charge in [-0.15, -0.1) is 11.3 Å². The molecule has 3 nitrogen and oxygen atoms in total. The van der Waals surface area contributed by atoms with Gasteiger partial charge in [-0.05, 0) is 25.1 Å². The molecule has 1 aromatic heterocycles. The van der Waals surface area contributed by atoms with Gasteiger partial charge in [0.05, 0.1) is 18.1 Å². The van der Waals surface area contributed by atoms with Crippen LogP contribution in [0.4, 0.5) is 4.39 Å². The van der Waals surface area contributed by atoms with Crippen LogP contribution in [-0.4, -0.2) is 17.2 Å². The van der Waals surface area contributed by atoms with Crippen molar-refractivity contribution in [1.82, 2.24) is 4.98 Å². The van der Waals surface area contributed by atoms with Gasteiger partial charge in [0.1, 0.15) is 5.01 Å². The summed E-state index contributed by atoms with van der Waals surface area (Å²) in [6.07, 6.45) is 1.09. The number of ether oxygens (including phenoxy) is 1.